The quantitative estimate of drug-likeness (QED) is 0.519. The molecule has 1 heterocycles. The summed E-state index contributed by atoms with van der Waals surface area (Å²) in [7, 11) is 0.890. The zero-order valence-electron chi connectivity index (χ0n) is 13.1. The molecule has 0 radical (unpaired) electrons. The summed E-state index contributed by atoms with van der Waals surface area (Å²) in [5.41, 5.74) is -0.270. The number of ether oxygens (including phenoxy) is 1. The molecule has 1 aromatic carbocycles. The normalized spacial score (nSPS) is 15.2. The number of alkyl halides is 3. The maximum absolute atomic E-state index is 13.8. The van der Waals surface area contributed by atoms with Gasteiger partial charge in [0.05, 0.1) is 11.4 Å². The lowest BCUT2D eigenvalue weighted by Crippen LogP contribution is -2.50. The minimum atomic E-state index is -4.92. The molecule has 5 nitrogen and oxygen atoms in total. The molecule has 26 heavy (non-hydrogen) atoms. The Kier molecular flexibility index (Phi) is 6.67. The van der Waals surface area contributed by atoms with Crippen LogP contribution in [0.25, 0.3) is 0 Å². The number of nitrogens with zero attached hydrogens (tertiary/aromatic N) is 1. The maximum Gasteiger partial charge on any atom is 0.398 e. The van der Waals surface area contributed by atoms with Crippen molar-refractivity contribution in [1.29, 1.82) is 0 Å². The van der Waals surface area contributed by atoms with Crippen molar-refractivity contribution < 1.29 is 31.5 Å². The van der Waals surface area contributed by atoms with Crippen molar-refractivity contribution in [3.05, 3.63) is 52.4 Å². The number of benzene rings is 1. The van der Waals surface area contributed by atoms with Gasteiger partial charge in [-0.2, -0.15) is 13.2 Å². The molecule has 2 aromatic rings. The lowest BCUT2D eigenvalue weighted by molar-refractivity contribution is -0.168. The Morgan fingerprint density at radius 1 is 1.27 bits per heavy atom. The number of halogens is 4. The van der Waals surface area contributed by atoms with Crippen LogP contribution < -0.4 is 4.31 Å². The predicted molar refractivity (Wildman–Crippen MR) is 91.8 cm³/mol. The van der Waals surface area contributed by atoms with E-state index in [1.807, 2.05) is 0 Å². The summed E-state index contributed by atoms with van der Waals surface area (Å²) in [5.74, 6) is -3.78. The highest BCUT2D eigenvalue weighted by Crippen LogP contribution is 2.43. The number of hydrogen-bond donors (Lipinski definition) is 0. The Morgan fingerprint density at radius 2 is 1.88 bits per heavy atom. The van der Waals surface area contributed by atoms with Gasteiger partial charge in [0.15, 0.2) is 6.04 Å². The molecule has 0 saturated heterocycles. The van der Waals surface area contributed by atoms with Gasteiger partial charge in [0.1, 0.15) is 10.9 Å². The van der Waals surface area contributed by atoms with E-state index in [0.29, 0.717) is 4.31 Å². The summed E-state index contributed by atoms with van der Waals surface area (Å²) in [4.78, 5) is 12.2. The van der Waals surface area contributed by atoms with Gasteiger partial charge in [-0.05, 0) is 17.7 Å². The summed E-state index contributed by atoms with van der Waals surface area (Å²) in [6, 6.07) is 6.93. The lowest BCUT2D eigenvalue weighted by atomic mass is 9.90. The first-order valence-electron chi connectivity index (χ1n) is 7.00. The van der Waals surface area contributed by atoms with E-state index in [-0.39, 0.29) is 14.9 Å². The van der Waals surface area contributed by atoms with E-state index in [4.69, 9.17) is 11.6 Å². The van der Waals surface area contributed by atoms with Crippen molar-refractivity contribution in [1.82, 2.24) is 0 Å². The van der Waals surface area contributed by atoms with Crippen LogP contribution in [-0.2, 0) is 20.8 Å². The first kappa shape index (κ1) is 20.7. The monoisotopic (exact) mass is 426 g/mol. The third-order valence-corrected chi connectivity index (χ3v) is 5.55. The fourth-order valence-corrected chi connectivity index (χ4v) is 4.30. The van der Waals surface area contributed by atoms with Gasteiger partial charge in [-0.25, -0.2) is 4.79 Å². The van der Waals surface area contributed by atoms with E-state index in [1.165, 1.54) is 42.5 Å². The number of esters is 1. The molecule has 0 fully saturated rings. The van der Waals surface area contributed by atoms with E-state index in [9.17, 15) is 26.7 Å². The maximum atomic E-state index is 13.8. The molecule has 0 aliphatic rings. The highest BCUT2D eigenvalue weighted by Gasteiger charge is 2.52. The molecule has 142 valence electrons. The van der Waals surface area contributed by atoms with E-state index >= 15 is 0 Å². The van der Waals surface area contributed by atoms with Crippen molar-refractivity contribution in [2.45, 2.75) is 18.1 Å². The van der Waals surface area contributed by atoms with Crippen LogP contribution in [0.5, 0.6) is 0 Å². The van der Waals surface area contributed by atoms with Crippen LogP contribution >= 0.6 is 22.9 Å². The molecule has 0 aliphatic carbocycles. The molecule has 3 atom stereocenters. The van der Waals surface area contributed by atoms with Crippen molar-refractivity contribution >= 4 is 45.2 Å². The molecule has 1 aromatic heterocycles. The largest absolute Gasteiger partial charge is 0.755 e. The summed E-state index contributed by atoms with van der Waals surface area (Å²) in [5, 5.41) is -0.135. The van der Waals surface area contributed by atoms with Crippen molar-refractivity contribution in [3.8, 4) is 0 Å². The van der Waals surface area contributed by atoms with Crippen LogP contribution in [-0.4, -0.2) is 34.1 Å². The number of hydrogen-bond acceptors (Lipinski definition) is 5. The second-order valence-corrected chi connectivity index (χ2v) is 7.54. The summed E-state index contributed by atoms with van der Waals surface area (Å²) >= 11 is 3.30. The summed E-state index contributed by atoms with van der Waals surface area (Å²) in [6.07, 6.45) is -4.92. The Balaban J connectivity index is 2.66. The minimum Gasteiger partial charge on any atom is -0.755 e. The predicted octanol–water partition coefficient (Wildman–Crippen LogP) is 3.89. The fraction of sp³-hybridized carbons (Fsp3) is 0.267. The molecular weight excluding hydrogens is 415 g/mol. The number of carbonyl (C=O) groups is 1. The van der Waals surface area contributed by atoms with Crippen molar-refractivity contribution in [2.75, 3.05) is 11.4 Å². The Bertz CT molecular complexity index is 785. The molecule has 3 unspecified atom stereocenters. The third-order valence-electron chi connectivity index (χ3n) is 3.46. The van der Waals surface area contributed by atoms with Crippen molar-refractivity contribution in [2.24, 2.45) is 0 Å². The van der Waals surface area contributed by atoms with E-state index in [0.717, 1.165) is 18.4 Å². The molecular formula is C15H12ClF3NO4S2-. The van der Waals surface area contributed by atoms with Gasteiger partial charge in [0.25, 0.3) is 0 Å². The van der Waals surface area contributed by atoms with Crippen LogP contribution in [0.1, 0.15) is 11.5 Å². The van der Waals surface area contributed by atoms with Gasteiger partial charge >= 0.3 is 12.1 Å². The van der Waals surface area contributed by atoms with Crippen LogP contribution in [0.15, 0.2) is 42.5 Å². The van der Waals surface area contributed by atoms with Gasteiger partial charge in [-0.1, -0.05) is 41.9 Å². The lowest BCUT2D eigenvalue weighted by Gasteiger charge is -2.37. The fourth-order valence-electron chi connectivity index (χ4n) is 2.43. The Morgan fingerprint density at radius 3 is 2.31 bits per heavy atom. The topological polar surface area (TPSA) is 69.7 Å². The van der Waals surface area contributed by atoms with Crippen LogP contribution in [0.4, 0.5) is 18.2 Å². The summed E-state index contributed by atoms with van der Waals surface area (Å²) < 4.78 is 70.0. The third kappa shape index (κ3) is 4.56. The number of rotatable bonds is 6. The van der Waals surface area contributed by atoms with Gasteiger partial charge in [-0.15, -0.1) is 11.3 Å². The van der Waals surface area contributed by atoms with Gasteiger partial charge in [0, 0.05) is 11.3 Å². The molecule has 11 heteroatoms. The average Bonchev–Trinajstić information content (AvgIpc) is 2.99. The molecule has 0 N–H and O–H groups in total. The van der Waals surface area contributed by atoms with Gasteiger partial charge < -0.3 is 9.29 Å². The number of anilines is 1. The smallest absolute Gasteiger partial charge is 0.398 e. The highest BCUT2D eigenvalue weighted by atomic mass is 35.5. The standard InChI is InChI=1S/C15H13ClF3NO4S2/c1-24-14(21)13(20(26(22)23)11-8-7-10(16)25-11)12(15(17,18)19)9-5-3-2-4-6-9/h2-8,12-13H,1H3,(H,22,23)/p-1. The number of thiophene rings is 1. The van der Waals surface area contributed by atoms with Crippen molar-refractivity contribution in [3.63, 3.8) is 0 Å². The van der Waals surface area contributed by atoms with E-state index in [1.54, 1.807) is 0 Å². The molecule has 0 spiro atoms. The van der Waals surface area contributed by atoms with Gasteiger partial charge in [-0.3, -0.25) is 8.51 Å². The average molecular weight is 427 g/mol. The Labute approximate surface area is 158 Å². The zero-order chi connectivity index (χ0) is 19.5. The molecule has 0 saturated carbocycles. The first-order chi connectivity index (χ1) is 12.2. The zero-order valence-corrected chi connectivity index (χ0v) is 15.5. The van der Waals surface area contributed by atoms with E-state index in [2.05, 4.69) is 4.74 Å². The van der Waals surface area contributed by atoms with Gasteiger partial charge in [0.2, 0.25) is 0 Å². The Hall–Kier alpha value is -1.62. The molecule has 2 rings (SSSR count). The molecule has 0 bridgehead atoms. The van der Waals surface area contributed by atoms with Crippen LogP contribution in [0.2, 0.25) is 4.34 Å². The highest BCUT2D eigenvalue weighted by molar-refractivity contribution is 7.81. The molecule has 0 aliphatic heterocycles. The molecule has 0 amide bonds. The first-order valence-corrected chi connectivity index (χ1v) is 9.23. The second kappa shape index (κ2) is 8.38. The SMILES string of the molecule is COC(=O)C(C(c1ccccc1)C(F)(F)F)N(c1ccc(Cl)s1)S(=O)[O-]. The summed E-state index contributed by atoms with van der Waals surface area (Å²) in [6.45, 7) is 0. The van der Waals surface area contributed by atoms with Crippen LogP contribution in [0, 0.1) is 0 Å². The minimum absolute atomic E-state index is 0.135. The second-order valence-electron chi connectivity index (χ2n) is 5.02. The number of methoxy groups -OCH3 is 1. The van der Waals surface area contributed by atoms with Crippen LogP contribution in [0.3, 0.4) is 0 Å². The number of carbonyl (C=O) groups excluding carboxylic acids is 1. The van der Waals surface area contributed by atoms with E-state index < -0.39 is 35.4 Å².